The molecule has 0 spiro atoms. The number of nitrogens with one attached hydrogen (secondary N) is 1. The Hall–Kier alpha value is -0.800. The lowest BCUT2D eigenvalue weighted by Gasteiger charge is -2.16. The van der Waals surface area contributed by atoms with Gasteiger partial charge in [0.25, 0.3) is 0 Å². The van der Waals surface area contributed by atoms with Crippen molar-refractivity contribution in [2.24, 2.45) is 0 Å². The van der Waals surface area contributed by atoms with E-state index < -0.39 is 0 Å². The molecule has 0 saturated heterocycles. The van der Waals surface area contributed by atoms with E-state index in [4.69, 9.17) is 16.3 Å². The predicted octanol–water partition coefficient (Wildman–Crippen LogP) is 4.41. The molecular weight excluding hydrogens is 260 g/mol. The van der Waals surface area contributed by atoms with Gasteiger partial charge in [0.15, 0.2) is 0 Å². The summed E-state index contributed by atoms with van der Waals surface area (Å²) in [7, 11) is 0. The van der Waals surface area contributed by atoms with Gasteiger partial charge >= 0.3 is 0 Å². The molecule has 0 aliphatic heterocycles. The number of hydrogen-bond acceptors (Lipinski definition) is 3. The Labute approximate surface area is 120 Å². The smallest absolute Gasteiger partial charge is 0.126 e. The third kappa shape index (κ3) is 4.66. The van der Waals surface area contributed by atoms with Crippen LogP contribution in [0.5, 0.6) is 0 Å². The number of ether oxygens (including phenoxy) is 1. The van der Waals surface area contributed by atoms with Crippen LogP contribution in [0.15, 0.2) is 12.1 Å². The lowest BCUT2D eigenvalue weighted by molar-refractivity contribution is 0.0293. The van der Waals surface area contributed by atoms with Gasteiger partial charge in [0, 0.05) is 6.54 Å². The van der Waals surface area contributed by atoms with Crippen LogP contribution in [0.4, 0.5) is 5.82 Å². The van der Waals surface area contributed by atoms with Crippen molar-refractivity contribution >= 4 is 17.4 Å². The predicted molar refractivity (Wildman–Crippen MR) is 79.7 cm³/mol. The van der Waals surface area contributed by atoms with E-state index in [9.17, 15) is 0 Å². The first-order valence-corrected chi connectivity index (χ1v) is 7.68. The van der Waals surface area contributed by atoms with Gasteiger partial charge in [0.2, 0.25) is 0 Å². The lowest BCUT2D eigenvalue weighted by Crippen LogP contribution is -2.12. The van der Waals surface area contributed by atoms with Crippen LogP contribution >= 0.6 is 11.6 Å². The third-order valence-corrected chi connectivity index (χ3v) is 3.88. The molecule has 0 aromatic carbocycles. The van der Waals surface area contributed by atoms with Crippen LogP contribution in [-0.2, 0) is 11.3 Å². The van der Waals surface area contributed by atoms with E-state index in [-0.39, 0.29) is 0 Å². The maximum atomic E-state index is 6.18. The van der Waals surface area contributed by atoms with Gasteiger partial charge in [0.1, 0.15) is 5.82 Å². The van der Waals surface area contributed by atoms with Crippen LogP contribution in [0.1, 0.15) is 51.1 Å². The largest absolute Gasteiger partial charge is 0.372 e. The Morgan fingerprint density at radius 1 is 1.26 bits per heavy atom. The summed E-state index contributed by atoms with van der Waals surface area (Å²) in [5.74, 6) is 0.867. The quantitative estimate of drug-likeness (QED) is 0.813. The molecule has 0 atom stereocenters. The number of nitrogens with zero attached hydrogens (tertiary/aromatic N) is 1. The summed E-state index contributed by atoms with van der Waals surface area (Å²) in [5.41, 5.74) is 0.837. The molecule has 1 aliphatic rings. The second kappa shape index (κ2) is 7.71. The summed E-state index contributed by atoms with van der Waals surface area (Å²) in [4.78, 5) is 4.50. The average Bonchev–Trinajstić information content (AvgIpc) is 2.68. The molecule has 1 N–H and O–H groups in total. The summed E-state index contributed by atoms with van der Waals surface area (Å²) >= 11 is 6.18. The van der Waals surface area contributed by atoms with E-state index in [0.717, 1.165) is 18.1 Å². The molecule has 4 heteroatoms. The Balaban J connectivity index is 1.91. The highest BCUT2D eigenvalue weighted by Crippen LogP contribution is 2.23. The number of rotatable bonds is 5. The van der Waals surface area contributed by atoms with Crippen LogP contribution in [0.3, 0.4) is 0 Å². The van der Waals surface area contributed by atoms with Gasteiger partial charge in [-0.05, 0) is 31.9 Å². The van der Waals surface area contributed by atoms with E-state index >= 15 is 0 Å². The Kier molecular flexibility index (Phi) is 5.93. The van der Waals surface area contributed by atoms with Crippen molar-refractivity contribution in [2.45, 2.75) is 58.2 Å². The molecule has 1 fully saturated rings. The topological polar surface area (TPSA) is 34.1 Å². The molecule has 1 aliphatic carbocycles. The molecule has 2 rings (SSSR count). The average molecular weight is 283 g/mol. The molecular formula is C15H23ClN2O. The standard InChI is InChI=1S/C15H23ClN2O/c1-2-17-15-10-9-13(16)14(18-15)11-19-12-7-5-3-4-6-8-12/h9-10,12H,2-8,11H2,1H3,(H,17,18). The zero-order valence-corrected chi connectivity index (χ0v) is 12.4. The molecule has 0 unspecified atom stereocenters. The number of anilines is 1. The monoisotopic (exact) mass is 282 g/mol. The minimum atomic E-state index is 0.378. The first-order valence-electron chi connectivity index (χ1n) is 7.30. The van der Waals surface area contributed by atoms with Crippen LogP contribution in [0.25, 0.3) is 0 Å². The maximum absolute atomic E-state index is 6.18. The van der Waals surface area contributed by atoms with Crippen LogP contribution < -0.4 is 5.32 Å². The van der Waals surface area contributed by atoms with Gasteiger partial charge < -0.3 is 10.1 Å². The van der Waals surface area contributed by atoms with Crippen LogP contribution in [0.2, 0.25) is 5.02 Å². The Morgan fingerprint density at radius 3 is 2.68 bits per heavy atom. The van der Waals surface area contributed by atoms with Crippen molar-refractivity contribution in [3.05, 3.63) is 22.8 Å². The molecule has 1 saturated carbocycles. The maximum Gasteiger partial charge on any atom is 0.126 e. The Morgan fingerprint density at radius 2 is 2.00 bits per heavy atom. The molecule has 1 heterocycles. The molecule has 19 heavy (non-hydrogen) atoms. The number of pyridine rings is 1. The van der Waals surface area contributed by atoms with Crippen molar-refractivity contribution in [3.63, 3.8) is 0 Å². The molecule has 1 aromatic rings. The number of aromatic nitrogens is 1. The van der Waals surface area contributed by atoms with Crippen molar-refractivity contribution < 1.29 is 4.74 Å². The summed E-state index contributed by atoms with van der Waals surface area (Å²) in [6.07, 6.45) is 7.97. The fourth-order valence-electron chi connectivity index (χ4n) is 2.47. The van der Waals surface area contributed by atoms with Gasteiger partial charge in [-0.15, -0.1) is 0 Å². The second-order valence-electron chi connectivity index (χ2n) is 5.08. The number of hydrogen-bond donors (Lipinski definition) is 1. The summed E-state index contributed by atoms with van der Waals surface area (Å²) in [5, 5.41) is 3.89. The molecule has 0 amide bonds. The zero-order valence-electron chi connectivity index (χ0n) is 11.6. The Bertz CT molecular complexity index is 390. The molecule has 0 bridgehead atoms. The summed E-state index contributed by atoms with van der Waals surface area (Å²) < 4.78 is 5.99. The van der Waals surface area contributed by atoms with Gasteiger partial charge in [-0.1, -0.05) is 37.3 Å². The van der Waals surface area contributed by atoms with Crippen molar-refractivity contribution in [1.82, 2.24) is 4.98 Å². The van der Waals surface area contributed by atoms with E-state index in [1.54, 1.807) is 0 Å². The minimum Gasteiger partial charge on any atom is -0.372 e. The fourth-order valence-corrected chi connectivity index (χ4v) is 2.63. The highest BCUT2D eigenvalue weighted by molar-refractivity contribution is 6.31. The highest BCUT2D eigenvalue weighted by atomic mass is 35.5. The first kappa shape index (κ1) is 14.6. The van der Waals surface area contributed by atoms with E-state index in [1.165, 1.54) is 38.5 Å². The SMILES string of the molecule is CCNc1ccc(Cl)c(COC2CCCCCC2)n1. The second-order valence-corrected chi connectivity index (χ2v) is 5.49. The van der Waals surface area contributed by atoms with Gasteiger partial charge in [-0.2, -0.15) is 0 Å². The van der Waals surface area contributed by atoms with Crippen molar-refractivity contribution in [1.29, 1.82) is 0 Å². The third-order valence-electron chi connectivity index (χ3n) is 3.53. The summed E-state index contributed by atoms with van der Waals surface area (Å²) in [6, 6.07) is 3.79. The van der Waals surface area contributed by atoms with E-state index in [0.29, 0.717) is 17.7 Å². The molecule has 1 aromatic heterocycles. The highest BCUT2D eigenvalue weighted by Gasteiger charge is 2.14. The van der Waals surface area contributed by atoms with Gasteiger partial charge in [-0.3, -0.25) is 0 Å². The van der Waals surface area contributed by atoms with Crippen molar-refractivity contribution in [2.75, 3.05) is 11.9 Å². The number of halogens is 1. The first-order chi connectivity index (χ1) is 9.29. The molecule has 106 valence electrons. The normalized spacial score (nSPS) is 17.2. The molecule has 3 nitrogen and oxygen atoms in total. The van der Waals surface area contributed by atoms with Gasteiger partial charge in [-0.25, -0.2) is 4.98 Å². The minimum absolute atomic E-state index is 0.378. The van der Waals surface area contributed by atoms with Gasteiger partial charge in [0.05, 0.1) is 23.4 Å². The van der Waals surface area contributed by atoms with Crippen LogP contribution in [-0.4, -0.2) is 17.6 Å². The zero-order chi connectivity index (χ0) is 13.5. The van der Waals surface area contributed by atoms with E-state index in [2.05, 4.69) is 17.2 Å². The van der Waals surface area contributed by atoms with E-state index in [1.807, 2.05) is 12.1 Å². The molecule has 0 radical (unpaired) electrons. The summed E-state index contributed by atoms with van der Waals surface area (Å²) in [6.45, 7) is 3.43. The van der Waals surface area contributed by atoms with Crippen molar-refractivity contribution in [3.8, 4) is 0 Å². The fraction of sp³-hybridized carbons (Fsp3) is 0.667. The van der Waals surface area contributed by atoms with Crippen LogP contribution in [0, 0.1) is 0 Å². The lowest BCUT2D eigenvalue weighted by atomic mass is 10.1.